The fourth-order valence-corrected chi connectivity index (χ4v) is 2.42. The largest absolute Gasteiger partial charge is 0.472 e. The van der Waals surface area contributed by atoms with Gasteiger partial charge in [0, 0.05) is 17.5 Å². The molecule has 19 heavy (non-hydrogen) atoms. The van der Waals surface area contributed by atoms with Gasteiger partial charge >= 0.3 is 0 Å². The SMILES string of the molecule is CCCC(O)CNC(=O)c1csc(-c2ccoc2)n1. The zero-order valence-corrected chi connectivity index (χ0v) is 11.4. The van der Waals surface area contributed by atoms with Crippen LogP contribution in [0.5, 0.6) is 0 Å². The van der Waals surface area contributed by atoms with Crippen molar-refractivity contribution in [2.24, 2.45) is 0 Å². The monoisotopic (exact) mass is 280 g/mol. The van der Waals surface area contributed by atoms with Crippen molar-refractivity contribution >= 4 is 17.2 Å². The van der Waals surface area contributed by atoms with E-state index < -0.39 is 6.10 Å². The van der Waals surface area contributed by atoms with Crippen LogP contribution in [0, 0.1) is 0 Å². The van der Waals surface area contributed by atoms with E-state index in [-0.39, 0.29) is 12.5 Å². The number of thiazole rings is 1. The number of hydrogen-bond acceptors (Lipinski definition) is 5. The van der Waals surface area contributed by atoms with Gasteiger partial charge in [0.25, 0.3) is 5.91 Å². The standard InChI is InChI=1S/C13H16N2O3S/c1-2-3-10(16)6-14-12(17)11-8-19-13(15-11)9-4-5-18-7-9/h4-5,7-8,10,16H,2-3,6H2,1H3,(H,14,17). The molecule has 2 aromatic heterocycles. The van der Waals surface area contributed by atoms with Gasteiger partial charge in [-0.15, -0.1) is 11.3 Å². The van der Waals surface area contributed by atoms with Gasteiger partial charge in [0.05, 0.1) is 12.4 Å². The summed E-state index contributed by atoms with van der Waals surface area (Å²) in [4.78, 5) is 16.1. The van der Waals surface area contributed by atoms with Crippen LogP contribution >= 0.6 is 11.3 Å². The number of hydrogen-bond donors (Lipinski definition) is 2. The number of rotatable bonds is 6. The number of amides is 1. The molecule has 0 bridgehead atoms. The van der Waals surface area contributed by atoms with Gasteiger partial charge in [-0.2, -0.15) is 0 Å². The van der Waals surface area contributed by atoms with Gasteiger partial charge in [0.2, 0.25) is 0 Å². The molecule has 0 saturated carbocycles. The molecule has 102 valence electrons. The lowest BCUT2D eigenvalue weighted by Crippen LogP contribution is -2.32. The molecule has 0 radical (unpaired) electrons. The van der Waals surface area contributed by atoms with Crippen LogP contribution in [0.1, 0.15) is 30.3 Å². The Morgan fingerprint density at radius 3 is 3.16 bits per heavy atom. The smallest absolute Gasteiger partial charge is 0.270 e. The highest BCUT2D eigenvalue weighted by atomic mass is 32.1. The summed E-state index contributed by atoms with van der Waals surface area (Å²) in [6.07, 6.45) is 4.22. The lowest BCUT2D eigenvalue weighted by atomic mass is 10.2. The van der Waals surface area contributed by atoms with E-state index in [1.165, 1.54) is 11.3 Å². The van der Waals surface area contributed by atoms with Gasteiger partial charge in [0.15, 0.2) is 0 Å². The minimum Gasteiger partial charge on any atom is -0.472 e. The summed E-state index contributed by atoms with van der Waals surface area (Å²) in [6.45, 7) is 2.24. The van der Waals surface area contributed by atoms with Crippen molar-refractivity contribution in [3.05, 3.63) is 29.7 Å². The molecule has 0 fully saturated rings. The van der Waals surface area contributed by atoms with Crippen molar-refractivity contribution < 1.29 is 14.3 Å². The van der Waals surface area contributed by atoms with E-state index in [1.807, 2.05) is 6.92 Å². The molecule has 1 unspecified atom stereocenters. The minimum absolute atomic E-state index is 0.255. The number of aliphatic hydroxyl groups is 1. The van der Waals surface area contributed by atoms with Gasteiger partial charge in [-0.05, 0) is 12.5 Å². The van der Waals surface area contributed by atoms with E-state index in [9.17, 15) is 9.90 Å². The van der Waals surface area contributed by atoms with Gasteiger partial charge in [-0.3, -0.25) is 4.79 Å². The molecule has 2 N–H and O–H groups in total. The highest BCUT2D eigenvalue weighted by Gasteiger charge is 2.13. The second kappa shape index (κ2) is 6.49. The van der Waals surface area contributed by atoms with Crippen LogP contribution < -0.4 is 5.32 Å². The third kappa shape index (κ3) is 3.65. The molecule has 2 aromatic rings. The first-order chi connectivity index (χ1) is 9.20. The topological polar surface area (TPSA) is 75.4 Å². The van der Waals surface area contributed by atoms with E-state index in [0.717, 1.165) is 17.0 Å². The number of carbonyl (C=O) groups excluding carboxylic acids is 1. The maximum atomic E-state index is 11.8. The molecule has 5 nitrogen and oxygen atoms in total. The predicted octanol–water partition coefficient (Wildman–Crippen LogP) is 2.29. The van der Waals surface area contributed by atoms with Crippen LogP contribution in [-0.4, -0.2) is 28.6 Å². The molecule has 0 aromatic carbocycles. The molecule has 0 aliphatic carbocycles. The molecule has 2 rings (SSSR count). The van der Waals surface area contributed by atoms with Crippen LogP contribution in [0.25, 0.3) is 10.6 Å². The second-order valence-electron chi connectivity index (χ2n) is 4.20. The van der Waals surface area contributed by atoms with E-state index in [2.05, 4.69) is 10.3 Å². The number of furan rings is 1. The Hall–Kier alpha value is -1.66. The molecule has 1 atom stereocenters. The van der Waals surface area contributed by atoms with E-state index in [0.29, 0.717) is 12.1 Å². The summed E-state index contributed by atoms with van der Waals surface area (Å²) in [5.74, 6) is -0.263. The summed E-state index contributed by atoms with van der Waals surface area (Å²) >= 11 is 1.39. The van der Waals surface area contributed by atoms with Crippen molar-refractivity contribution in [1.29, 1.82) is 0 Å². The Morgan fingerprint density at radius 1 is 1.63 bits per heavy atom. The highest BCUT2D eigenvalue weighted by molar-refractivity contribution is 7.13. The molecule has 1 amide bonds. The predicted molar refractivity (Wildman–Crippen MR) is 73.1 cm³/mol. The Labute approximate surface area is 115 Å². The van der Waals surface area contributed by atoms with E-state index in [4.69, 9.17) is 4.42 Å². The molecule has 6 heteroatoms. The van der Waals surface area contributed by atoms with Gasteiger partial charge < -0.3 is 14.8 Å². The number of carbonyl (C=O) groups is 1. The molecule has 0 aliphatic rings. The zero-order valence-electron chi connectivity index (χ0n) is 10.6. The van der Waals surface area contributed by atoms with Gasteiger partial charge in [-0.1, -0.05) is 13.3 Å². The summed E-state index contributed by atoms with van der Waals surface area (Å²) < 4.78 is 4.98. The summed E-state index contributed by atoms with van der Waals surface area (Å²) in [6, 6.07) is 1.80. The van der Waals surface area contributed by atoms with Crippen molar-refractivity contribution in [3.8, 4) is 10.6 Å². The van der Waals surface area contributed by atoms with Gasteiger partial charge in [0.1, 0.15) is 17.0 Å². The third-order valence-corrected chi connectivity index (χ3v) is 3.52. The summed E-state index contributed by atoms with van der Waals surface area (Å²) in [5.41, 5.74) is 1.22. The third-order valence-electron chi connectivity index (χ3n) is 2.63. The second-order valence-corrected chi connectivity index (χ2v) is 5.06. The zero-order chi connectivity index (χ0) is 13.7. The fraction of sp³-hybridized carbons (Fsp3) is 0.385. The number of nitrogens with one attached hydrogen (secondary N) is 1. The van der Waals surface area contributed by atoms with Crippen LogP contribution in [0.2, 0.25) is 0 Å². The lowest BCUT2D eigenvalue weighted by Gasteiger charge is -2.09. The summed E-state index contributed by atoms with van der Waals surface area (Å²) in [5, 5.41) is 14.7. The normalized spacial score (nSPS) is 12.3. The first-order valence-electron chi connectivity index (χ1n) is 6.15. The van der Waals surface area contributed by atoms with Crippen LogP contribution in [0.3, 0.4) is 0 Å². The minimum atomic E-state index is -0.499. The molecule has 0 aliphatic heterocycles. The molecular weight excluding hydrogens is 264 g/mol. The van der Waals surface area contributed by atoms with Crippen LogP contribution in [0.15, 0.2) is 28.4 Å². The molecular formula is C13H16N2O3S. The van der Waals surface area contributed by atoms with E-state index in [1.54, 1.807) is 24.0 Å². The Kier molecular flexibility index (Phi) is 4.70. The Morgan fingerprint density at radius 2 is 2.47 bits per heavy atom. The molecule has 0 spiro atoms. The van der Waals surface area contributed by atoms with Crippen LogP contribution in [0.4, 0.5) is 0 Å². The van der Waals surface area contributed by atoms with Crippen molar-refractivity contribution in [1.82, 2.24) is 10.3 Å². The van der Waals surface area contributed by atoms with E-state index >= 15 is 0 Å². The first kappa shape index (κ1) is 13.8. The number of aliphatic hydroxyl groups excluding tert-OH is 1. The number of aromatic nitrogens is 1. The fourth-order valence-electron chi connectivity index (χ4n) is 1.63. The summed E-state index contributed by atoms with van der Waals surface area (Å²) in [7, 11) is 0. The highest BCUT2D eigenvalue weighted by Crippen LogP contribution is 2.23. The average Bonchev–Trinajstić information content (AvgIpc) is 3.06. The quantitative estimate of drug-likeness (QED) is 0.851. The van der Waals surface area contributed by atoms with Crippen molar-refractivity contribution in [3.63, 3.8) is 0 Å². The maximum Gasteiger partial charge on any atom is 0.270 e. The Bertz CT molecular complexity index is 522. The average molecular weight is 280 g/mol. The molecule has 0 saturated heterocycles. The number of nitrogens with zero attached hydrogens (tertiary/aromatic N) is 1. The first-order valence-corrected chi connectivity index (χ1v) is 7.03. The molecule has 2 heterocycles. The Balaban J connectivity index is 1.93. The lowest BCUT2D eigenvalue weighted by molar-refractivity contribution is 0.0906. The van der Waals surface area contributed by atoms with Crippen molar-refractivity contribution in [2.45, 2.75) is 25.9 Å². The maximum absolute atomic E-state index is 11.8. The van der Waals surface area contributed by atoms with Crippen molar-refractivity contribution in [2.75, 3.05) is 6.54 Å². The van der Waals surface area contributed by atoms with Crippen LogP contribution in [-0.2, 0) is 0 Å². The van der Waals surface area contributed by atoms with Gasteiger partial charge in [-0.25, -0.2) is 4.98 Å².